The molecule has 0 saturated heterocycles. The average molecular weight is 500 g/mol. The number of halogens is 2. The van der Waals surface area contributed by atoms with E-state index in [-0.39, 0.29) is 11.5 Å². The molecular weight excluding hydrogens is 465 g/mol. The van der Waals surface area contributed by atoms with E-state index in [0.717, 1.165) is 56.4 Å². The molecule has 0 saturated carbocycles. The predicted molar refractivity (Wildman–Crippen MR) is 132 cm³/mol. The first-order valence-electron chi connectivity index (χ1n) is 11.5. The first-order chi connectivity index (χ1) is 16.0. The fourth-order valence-corrected chi connectivity index (χ4v) is 4.12. The molecule has 0 bridgehead atoms. The summed E-state index contributed by atoms with van der Waals surface area (Å²) >= 11 is 12.1. The Morgan fingerprint density at radius 1 is 0.909 bits per heavy atom. The summed E-state index contributed by atoms with van der Waals surface area (Å²) in [5.41, 5.74) is 7.70. The van der Waals surface area contributed by atoms with Crippen molar-refractivity contribution in [1.29, 1.82) is 0 Å². The highest BCUT2D eigenvalue weighted by Crippen LogP contribution is 2.39. The summed E-state index contributed by atoms with van der Waals surface area (Å²) in [7, 11) is 0. The summed E-state index contributed by atoms with van der Waals surface area (Å²) in [4.78, 5) is 0. The van der Waals surface area contributed by atoms with E-state index in [2.05, 4.69) is 0 Å². The lowest BCUT2D eigenvalue weighted by molar-refractivity contribution is 0.0393. The molecule has 3 rings (SSSR count). The van der Waals surface area contributed by atoms with Crippen molar-refractivity contribution in [1.82, 2.24) is 0 Å². The van der Waals surface area contributed by atoms with Crippen LogP contribution in [-0.2, 0) is 22.5 Å². The molecule has 0 aliphatic heterocycles. The van der Waals surface area contributed by atoms with Gasteiger partial charge in [0.05, 0.1) is 25.9 Å². The molecule has 5 N–H and O–H groups in total. The fraction of sp³-hybridized carbons (Fsp3) is 0.520. The maximum Gasteiger partial charge on any atom is 0.161 e. The maximum atomic E-state index is 9.58. The number of rotatable bonds is 11. The number of hydrogen-bond acceptors (Lipinski definition) is 6. The molecule has 0 radical (unpaired) electrons. The van der Waals surface area contributed by atoms with E-state index in [1.54, 1.807) is 6.07 Å². The molecule has 1 unspecified atom stereocenters. The second-order valence-corrected chi connectivity index (χ2v) is 8.79. The number of phenols is 2. The zero-order chi connectivity index (χ0) is 24.1. The van der Waals surface area contributed by atoms with Gasteiger partial charge >= 0.3 is 0 Å². The Kier molecular flexibility index (Phi) is 12.9. The highest BCUT2D eigenvalue weighted by molar-refractivity contribution is 6.35. The molecule has 0 aromatic heterocycles. The van der Waals surface area contributed by atoms with Gasteiger partial charge in [-0.2, -0.15) is 0 Å². The van der Waals surface area contributed by atoms with Crippen LogP contribution in [0.3, 0.4) is 0 Å². The number of nitrogens with two attached hydrogens (primary N) is 1. The van der Waals surface area contributed by atoms with Crippen LogP contribution in [0.15, 0.2) is 30.3 Å². The number of benzene rings is 2. The van der Waals surface area contributed by atoms with Gasteiger partial charge < -0.3 is 30.5 Å². The topological polar surface area (TPSA) is 105 Å². The van der Waals surface area contributed by atoms with Gasteiger partial charge in [0.25, 0.3) is 0 Å². The number of aliphatic hydroxyl groups is 1. The second kappa shape index (κ2) is 15.4. The van der Waals surface area contributed by atoms with E-state index in [9.17, 15) is 15.3 Å². The largest absolute Gasteiger partial charge is 0.504 e. The minimum atomic E-state index is -0.491. The third kappa shape index (κ3) is 9.32. The number of ether oxygens (including phenoxy) is 2. The van der Waals surface area contributed by atoms with Crippen LogP contribution >= 0.6 is 23.2 Å². The van der Waals surface area contributed by atoms with Crippen molar-refractivity contribution in [3.05, 3.63) is 57.1 Å². The Balaban J connectivity index is 0.000000254. The molecule has 33 heavy (non-hydrogen) atoms. The van der Waals surface area contributed by atoms with E-state index in [1.807, 2.05) is 18.2 Å². The first kappa shape index (κ1) is 27.7. The molecule has 1 aliphatic carbocycles. The smallest absolute Gasteiger partial charge is 0.161 e. The molecule has 6 nitrogen and oxygen atoms in total. The molecule has 0 amide bonds. The molecule has 184 valence electrons. The van der Waals surface area contributed by atoms with Gasteiger partial charge in [-0.1, -0.05) is 48.2 Å². The number of hydrogen-bond donors (Lipinski definition) is 4. The molecule has 1 atom stereocenters. The third-order valence-electron chi connectivity index (χ3n) is 5.48. The van der Waals surface area contributed by atoms with Crippen LogP contribution < -0.4 is 5.73 Å². The van der Waals surface area contributed by atoms with Crippen molar-refractivity contribution in [3.8, 4) is 11.5 Å². The fourth-order valence-electron chi connectivity index (χ4n) is 3.61. The maximum absolute atomic E-state index is 9.58. The minimum Gasteiger partial charge on any atom is -0.504 e. The van der Waals surface area contributed by atoms with Gasteiger partial charge in [0.1, 0.15) is 0 Å². The van der Waals surface area contributed by atoms with Gasteiger partial charge in [-0.05, 0) is 62.4 Å². The zero-order valence-corrected chi connectivity index (χ0v) is 20.5. The first-order valence-corrected chi connectivity index (χ1v) is 12.2. The SMILES string of the molecule is NCCCCCCOCCOCc1c(Cl)cccc1Cl.Oc1ccc2c(c1O)CCCC2O. The van der Waals surface area contributed by atoms with Crippen molar-refractivity contribution in [2.45, 2.75) is 57.7 Å². The quantitative estimate of drug-likeness (QED) is 0.240. The Hall–Kier alpha value is -1.54. The third-order valence-corrected chi connectivity index (χ3v) is 6.19. The summed E-state index contributed by atoms with van der Waals surface area (Å²) in [5, 5.41) is 29.6. The highest BCUT2D eigenvalue weighted by atomic mass is 35.5. The van der Waals surface area contributed by atoms with Crippen LogP contribution in [0, 0.1) is 0 Å². The Bertz CT molecular complexity index is 830. The van der Waals surface area contributed by atoms with E-state index in [4.69, 9.17) is 38.4 Å². The van der Waals surface area contributed by atoms with Crippen LogP contribution in [0.4, 0.5) is 0 Å². The lowest BCUT2D eigenvalue weighted by atomic mass is 9.88. The molecule has 0 heterocycles. The number of unbranched alkanes of at least 4 members (excludes halogenated alkanes) is 3. The van der Waals surface area contributed by atoms with E-state index >= 15 is 0 Å². The number of aromatic hydroxyl groups is 2. The van der Waals surface area contributed by atoms with Gasteiger partial charge in [0, 0.05) is 27.8 Å². The second-order valence-electron chi connectivity index (χ2n) is 7.98. The Morgan fingerprint density at radius 3 is 2.33 bits per heavy atom. The van der Waals surface area contributed by atoms with Crippen molar-refractivity contribution >= 4 is 23.2 Å². The average Bonchev–Trinajstić information content (AvgIpc) is 2.80. The van der Waals surface area contributed by atoms with Crippen LogP contribution in [0.2, 0.25) is 10.0 Å². The highest BCUT2D eigenvalue weighted by Gasteiger charge is 2.21. The Labute approximate surface area is 206 Å². The molecule has 2 aromatic carbocycles. The molecule has 1 aliphatic rings. The Morgan fingerprint density at radius 2 is 1.61 bits per heavy atom. The van der Waals surface area contributed by atoms with Gasteiger partial charge in [0.2, 0.25) is 0 Å². The van der Waals surface area contributed by atoms with Crippen molar-refractivity contribution < 1.29 is 24.8 Å². The molecule has 2 aromatic rings. The van der Waals surface area contributed by atoms with E-state index in [0.29, 0.717) is 35.4 Å². The molecule has 0 spiro atoms. The van der Waals surface area contributed by atoms with Gasteiger partial charge in [-0.25, -0.2) is 0 Å². The van der Waals surface area contributed by atoms with Gasteiger partial charge in [-0.3, -0.25) is 0 Å². The van der Waals surface area contributed by atoms with Crippen molar-refractivity contribution in [2.75, 3.05) is 26.4 Å². The van der Waals surface area contributed by atoms with Crippen LogP contribution in [0.25, 0.3) is 0 Å². The van der Waals surface area contributed by atoms with Crippen LogP contribution in [0.1, 0.15) is 61.3 Å². The summed E-state index contributed by atoms with van der Waals surface area (Å²) in [6.07, 6.45) is 6.36. The molecule has 0 fully saturated rings. The zero-order valence-electron chi connectivity index (χ0n) is 18.9. The van der Waals surface area contributed by atoms with Gasteiger partial charge in [-0.15, -0.1) is 0 Å². The summed E-state index contributed by atoms with van der Waals surface area (Å²) in [6.45, 7) is 3.11. The molecule has 8 heteroatoms. The normalized spacial score (nSPS) is 15.0. The van der Waals surface area contributed by atoms with Crippen molar-refractivity contribution in [3.63, 3.8) is 0 Å². The van der Waals surface area contributed by atoms with E-state index in [1.165, 1.54) is 18.9 Å². The summed E-state index contributed by atoms with van der Waals surface area (Å²) in [5.74, 6) is -0.177. The number of fused-ring (bicyclic) bond motifs is 1. The van der Waals surface area contributed by atoms with E-state index < -0.39 is 6.10 Å². The van der Waals surface area contributed by atoms with Gasteiger partial charge in [0.15, 0.2) is 11.5 Å². The monoisotopic (exact) mass is 499 g/mol. The standard InChI is InChI=1S/C15H23Cl2NO2.C10H12O3/c16-14-6-5-7-15(17)13(14)12-20-11-10-19-9-4-2-1-3-8-18;11-8-3-1-2-7-6(8)4-5-9(12)10(7)13/h5-7H,1-4,8-12,18H2;4-5,8,11-13H,1-3H2. The lowest BCUT2D eigenvalue weighted by Crippen LogP contribution is -2.08. The number of aliphatic hydroxyl groups excluding tert-OH is 1. The molecular formula is C25H35Cl2NO5. The summed E-state index contributed by atoms with van der Waals surface area (Å²) in [6, 6.07) is 8.53. The van der Waals surface area contributed by atoms with Crippen LogP contribution in [-0.4, -0.2) is 41.7 Å². The predicted octanol–water partition coefficient (Wildman–Crippen LogP) is 5.51. The lowest BCUT2D eigenvalue weighted by Gasteiger charge is -2.22. The summed E-state index contributed by atoms with van der Waals surface area (Å²) < 4.78 is 11.0. The minimum absolute atomic E-state index is 0.0729. The number of phenolic OH excluding ortho intramolecular Hbond substituents is 2. The van der Waals surface area contributed by atoms with Crippen LogP contribution in [0.5, 0.6) is 11.5 Å². The van der Waals surface area contributed by atoms with Crippen molar-refractivity contribution in [2.24, 2.45) is 5.73 Å².